The second kappa shape index (κ2) is 5.32. The molecule has 2 aromatic rings. The van der Waals surface area contributed by atoms with Crippen LogP contribution in [0.25, 0.3) is 0 Å². The number of aromatic nitrogens is 2. The number of carboxylic acid groups (broad SMARTS) is 1. The van der Waals surface area contributed by atoms with Gasteiger partial charge in [0, 0.05) is 25.0 Å². The molecule has 0 atom stereocenters. The van der Waals surface area contributed by atoms with Crippen LogP contribution in [0, 0.1) is 6.92 Å². The molecule has 5 nitrogen and oxygen atoms in total. The highest BCUT2D eigenvalue weighted by Gasteiger charge is 2.14. The van der Waals surface area contributed by atoms with Gasteiger partial charge in [-0.1, -0.05) is 0 Å². The lowest BCUT2D eigenvalue weighted by atomic mass is 10.2. The summed E-state index contributed by atoms with van der Waals surface area (Å²) in [5, 5.41) is 18.3. The number of thiophene rings is 1. The van der Waals surface area contributed by atoms with Gasteiger partial charge in [0.1, 0.15) is 5.56 Å². The fourth-order valence-corrected chi connectivity index (χ4v) is 2.61. The summed E-state index contributed by atoms with van der Waals surface area (Å²) < 4.78 is 1.59. The first-order valence-corrected chi connectivity index (χ1v) is 6.45. The van der Waals surface area contributed by atoms with Crippen molar-refractivity contribution in [3.05, 3.63) is 39.3 Å². The molecule has 0 amide bonds. The van der Waals surface area contributed by atoms with Crippen LogP contribution in [0.3, 0.4) is 0 Å². The standard InChI is InChI=1S/C12H15N3O2S/c1-8-3-4-18-11(8)7-13-6-10-9(12(16)17)5-14-15(10)2/h3-5,13H,6-7H2,1-2H3,(H,16,17). The first-order chi connectivity index (χ1) is 8.59. The molecule has 2 heterocycles. The van der Waals surface area contributed by atoms with Gasteiger partial charge in [-0.2, -0.15) is 5.10 Å². The Labute approximate surface area is 109 Å². The lowest BCUT2D eigenvalue weighted by molar-refractivity contribution is 0.0695. The Hall–Kier alpha value is -1.66. The molecular formula is C12H15N3O2S. The van der Waals surface area contributed by atoms with Gasteiger partial charge in [0.2, 0.25) is 0 Å². The van der Waals surface area contributed by atoms with E-state index < -0.39 is 5.97 Å². The highest BCUT2D eigenvalue weighted by molar-refractivity contribution is 7.10. The minimum Gasteiger partial charge on any atom is -0.478 e. The van der Waals surface area contributed by atoms with Gasteiger partial charge in [0.25, 0.3) is 0 Å². The lowest BCUT2D eigenvalue weighted by Crippen LogP contribution is -2.17. The summed E-state index contributed by atoms with van der Waals surface area (Å²) >= 11 is 1.70. The van der Waals surface area contributed by atoms with Gasteiger partial charge in [0.15, 0.2) is 0 Å². The van der Waals surface area contributed by atoms with Crippen molar-refractivity contribution in [1.29, 1.82) is 0 Å². The zero-order chi connectivity index (χ0) is 13.1. The summed E-state index contributed by atoms with van der Waals surface area (Å²) in [5.41, 5.74) is 2.21. The first kappa shape index (κ1) is 12.8. The highest BCUT2D eigenvalue weighted by Crippen LogP contribution is 2.15. The monoisotopic (exact) mass is 265 g/mol. The normalized spacial score (nSPS) is 10.8. The van der Waals surface area contributed by atoms with Gasteiger partial charge in [-0.25, -0.2) is 4.79 Å². The number of hydrogen-bond donors (Lipinski definition) is 2. The lowest BCUT2D eigenvalue weighted by Gasteiger charge is -2.06. The summed E-state index contributed by atoms with van der Waals surface area (Å²) in [6.45, 7) is 3.31. The minimum atomic E-state index is -0.938. The van der Waals surface area contributed by atoms with Crippen LogP contribution in [0.5, 0.6) is 0 Å². The molecule has 2 aromatic heterocycles. The molecular weight excluding hydrogens is 250 g/mol. The molecule has 96 valence electrons. The van der Waals surface area contributed by atoms with E-state index in [-0.39, 0.29) is 5.56 Å². The van der Waals surface area contributed by atoms with Gasteiger partial charge in [-0.05, 0) is 23.9 Å². The quantitative estimate of drug-likeness (QED) is 0.864. The van der Waals surface area contributed by atoms with Crippen molar-refractivity contribution in [3.8, 4) is 0 Å². The summed E-state index contributed by atoms with van der Waals surface area (Å²) in [5.74, 6) is -0.938. The van der Waals surface area contributed by atoms with Crippen molar-refractivity contribution in [2.45, 2.75) is 20.0 Å². The number of carboxylic acids is 1. The SMILES string of the molecule is Cc1ccsc1CNCc1c(C(=O)O)cnn1C. The molecule has 0 radical (unpaired) electrons. The van der Waals surface area contributed by atoms with E-state index in [0.717, 1.165) is 6.54 Å². The summed E-state index contributed by atoms with van der Waals surface area (Å²) in [7, 11) is 1.75. The van der Waals surface area contributed by atoms with Gasteiger partial charge in [0.05, 0.1) is 11.9 Å². The zero-order valence-electron chi connectivity index (χ0n) is 10.3. The third-order valence-corrected chi connectivity index (χ3v) is 3.86. The Bertz CT molecular complexity index is 559. The third-order valence-electron chi connectivity index (χ3n) is 2.84. The van der Waals surface area contributed by atoms with Crippen LogP contribution >= 0.6 is 11.3 Å². The minimum absolute atomic E-state index is 0.257. The van der Waals surface area contributed by atoms with E-state index in [9.17, 15) is 4.79 Å². The Morgan fingerprint density at radius 3 is 2.94 bits per heavy atom. The molecule has 18 heavy (non-hydrogen) atoms. The molecule has 2 rings (SSSR count). The average molecular weight is 265 g/mol. The van der Waals surface area contributed by atoms with Crippen LogP contribution in [0.2, 0.25) is 0 Å². The Balaban J connectivity index is 2.00. The van der Waals surface area contributed by atoms with Crippen LogP contribution < -0.4 is 5.32 Å². The van der Waals surface area contributed by atoms with Crippen LogP contribution in [-0.2, 0) is 20.1 Å². The highest BCUT2D eigenvalue weighted by atomic mass is 32.1. The predicted molar refractivity (Wildman–Crippen MR) is 69.8 cm³/mol. The number of aryl methyl sites for hydroxylation is 2. The maximum atomic E-state index is 11.0. The number of rotatable bonds is 5. The van der Waals surface area contributed by atoms with Crippen LogP contribution in [-0.4, -0.2) is 20.9 Å². The molecule has 2 N–H and O–H groups in total. The van der Waals surface area contributed by atoms with Crippen molar-refractivity contribution in [1.82, 2.24) is 15.1 Å². The van der Waals surface area contributed by atoms with Gasteiger partial charge in [-0.3, -0.25) is 4.68 Å². The number of hydrogen-bond acceptors (Lipinski definition) is 4. The van der Waals surface area contributed by atoms with Crippen molar-refractivity contribution in [2.75, 3.05) is 0 Å². The van der Waals surface area contributed by atoms with Gasteiger partial charge in [-0.15, -0.1) is 11.3 Å². The molecule has 0 bridgehead atoms. The van der Waals surface area contributed by atoms with Crippen molar-refractivity contribution in [3.63, 3.8) is 0 Å². The summed E-state index contributed by atoms with van der Waals surface area (Å²) in [6.07, 6.45) is 1.38. The Morgan fingerprint density at radius 1 is 1.56 bits per heavy atom. The van der Waals surface area contributed by atoms with Gasteiger partial charge < -0.3 is 10.4 Å². The first-order valence-electron chi connectivity index (χ1n) is 5.57. The summed E-state index contributed by atoms with van der Waals surface area (Å²) in [6, 6.07) is 2.08. The fraction of sp³-hybridized carbons (Fsp3) is 0.333. The van der Waals surface area contributed by atoms with E-state index in [0.29, 0.717) is 12.2 Å². The van der Waals surface area contributed by atoms with Crippen LogP contribution in [0.4, 0.5) is 0 Å². The smallest absolute Gasteiger partial charge is 0.339 e. The Kier molecular flexibility index (Phi) is 3.78. The van der Waals surface area contributed by atoms with Crippen LogP contribution in [0.15, 0.2) is 17.6 Å². The average Bonchev–Trinajstić information content (AvgIpc) is 2.87. The third kappa shape index (κ3) is 2.60. The van der Waals surface area contributed by atoms with E-state index in [4.69, 9.17) is 5.11 Å². The maximum absolute atomic E-state index is 11.0. The molecule has 0 spiro atoms. The molecule has 0 aromatic carbocycles. The van der Waals surface area contributed by atoms with E-state index in [1.54, 1.807) is 23.1 Å². The second-order valence-corrected chi connectivity index (χ2v) is 5.06. The Morgan fingerprint density at radius 2 is 2.33 bits per heavy atom. The molecule has 0 saturated carbocycles. The molecule has 0 fully saturated rings. The maximum Gasteiger partial charge on any atom is 0.339 e. The number of nitrogens with zero attached hydrogens (tertiary/aromatic N) is 2. The molecule has 0 aliphatic rings. The molecule has 0 aliphatic carbocycles. The van der Waals surface area contributed by atoms with E-state index in [2.05, 4.69) is 28.8 Å². The van der Waals surface area contributed by atoms with E-state index in [1.807, 2.05) is 0 Å². The van der Waals surface area contributed by atoms with Crippen molar-refractivity contribution < 1.29 is 9.90 Å². The molecule has 0 aliphatic heterocycles. The molecule has 0 unspecified atom stereocenters. The molecule has 6 heteroatoms. The van der Waals surface area contributed by atoms with Crippen molar-refractivity contribution >= 4 is 17.3 Å². The number of carbonyl (C=O) groups is 1. The van der Waals surface area contributed by atoms with E-state index in [1.165, 1.54) is 16.6 Å². The topological polar surface area (TPSA) is 67.2 Å². The van der Waals surface area contributed by atoms with E-state index >= 15 is 0 Å². The summed E-state index contributed by atoms with van der Waals surface area (Å²) in [4.78, 5) is 12.3. The number of nitrogens with one attached hydrogen (secondary N) is 1. The van der Waals surface area contributed by atoms with Gasteiger partial charge >= 0.3 is 5.97 Å². The zero-order valence-corrected chi connectivity index (χ0v) is 11.1. The fourth-order valence-electron chi connectivity index (χ4n) is 1.73. The van der Waals surface area contributed by atoms with Crippen molar-refractivity contribution in [2.24, 2.45) is 7.05 Å². The number of aromatic carboxylic acids is 1. The largest absolute Gasteiger partial charge is 0.478 e. The van der Waals surface area contributed by atoms with Crippen LogP contribution in [0.1, 0.15) is 26.5 Å². The second-order valence-electron chi connectivity index (χ2n) is 4.06. The predicted octanol–water partition coefficient (Wildman–Crippen LogP) is 1.78. The molecule has 0 saturated heterocycles.